The maximum Gasteiger partial charge on any atom is 0.255 e. The van der Waals surface area contributed by atoms with Crippen LogP contribution in [0.25, 0.3) is 5.82 Å². The first-order valence-corrected chi connectivity index (χ1v) is 7.34. The lowest BCUT2D eigenvalue weighted by molar-refractivity contribution is 0.0950. The van der Waals surface area contributed by atoms with Gasteiger partial charge in [0.05, 0.1) is 5.56 Å². The topological polar surface area (TPSA) is 106 Å². The van der Waals surface area contributed by atoms with Gasteiger partial charge in [-0.05, 0) is 37.6 Å². The van der Waals surface area contributed by atoms with Crippen LogP contribution in [0.2, 0.25) is 0 Å². The molecule has 122 valence electrons. The minimum atomic E-state index is -0.340. The summed E-state index contributed by atoms with van der Waals surface area (Å²) in [6, 6.07) is 5.18. The van der Waals surface area contributed by atoms with Crippen molar-refractivity contribution in [1.29, 1.82) is 0 Å². The van der Waals surface area contributed by atoms with Gasteiger partial charge in [0.1, 0.15) is 12.7 Å². The maximum atomic E-state index is 12.5. The van der Waals surface area contributed by atoms with E-state index in [1.54, 1.807) is 18.3 Å². The van der Waals surface area contributed by atoms with Gasteiger partial charge in [-0.15, -0.1) is 0 Å². The van der Waals surface area contributed by atoms with Gasteiger partial charge in [0, 0.05) is 24.0 Å². The van der Waals surface area contributed by atoms with Crippen LogP contribution in [-0.4, -0.2) is 30.6 Å². The number of aromatic nitrogens is 5. The van der Waals surface area contributed by atoms with Crippen LogP contribution in [-0.2, 0) is 6.54 Å². The van der Waals surface area contributed by atoms with Crippen LogP contribution in [0.15, 0.2) is 41.8 Å². The highest BCUT2D eigenvalue weighted by molar-refractivity contribution is 5.97. The van der Waals surface area contributed by atoms with Crippen LogP contribution < -0.4 is 10.9 Å². The van der Waals surface area contributed by atoms with Gasteiger partial charge < -0.3 is 10.3 Å². The number of rotatable bonds is 4. The number of nitrogens with zero attached hydrogens (tertiary/aromatic N) is 4. The van der Waals surface area contributed by atoms with Crippen LogP contribution >= 0.6 is 0 Å². The fourth-order valence-electron chi connectivity index (χ4n) is 2.44. The summed E-state index contributed by atoms with van der Waals surface area (Å²) < 4.78 is 1.42. The van der Waals surface area contributed by atoms with Gasteiger partial charge in [-0.25, -0.2) is 14.6 Å². The van der Waals surface area contributed by atoms with E-state index in [1.165, 1.54) is 17.3 Å². The summed E-state index contributed by atoms with van der Waals surface area (Å²) in [5.74, 6) is 0.0370. The van der Waals surface area contributed by atoms with Gasteiger partial charge in [0.2, 0.25) is 0 Å². The molecule has 8 heteroatoms. The highest BCUT2D eigenvalue weighted by Gasteiger charge is 2.15. The molecule has 0 atom stereocenters. The molecule has 0 bridgehead atoms. The molecule has 0 saturated carbocycles. The Morgan fingerprint density at radius 1 is 1.38 bits per heavy atom. The van der Waals surface area contributed by atoms with E-state index in [4.69, 9.17) is 0 Å². The molecule has 3 rings (SSSR count). The zero-order valence-electron chi connectivity index (χ0n) is 13.3. The second-order valence-electron chi connectivity index (χ2n) is 5.34. The Hall–Kier alpha value is -3.29. The number of H-pyrrole nitrogens is 1. The Bertz CT molecular complexity index is 930. The molecule has 0 fully saturated rings. The highest BCUT2D eigenvalue weighted by atomic mass is 16.2. The molecule has 0 spiro atoms. The first kappa shape index (κ1) is 15.6. The van der Waals surface area contributed by atoms with Crippen molar-refractivity contribution in [2.45, 2.75) is 20.4 Å². The first-order chi connectivity index (χ1) is 11.6. The van der Waals surface area contributed by atoms with Gasteiger partial charge in [-0.3, -0.25) is 9.59 Å². The number of pyridine rings is 2. The average molecular weight is 324 g/mol. The van der Waals surface area contributed by atoms with E-state index in [1.807, 2.05) is 19.9 Å². The number of nitrogens with one attached hydrogen (secondary N) is 2. The van der Waals surface area contributed by atoms with Gasteiger partial charge in [0.15, 0.2) is 5.82 Å². The smallest absolute Gasteiger partial charge is 0.255 e. The predicted octanol–water partition coefficient (Wildman–Crippen LogP) is 0.897. The summed E-state index contributed by atoms with van der Waals surface area (Å²) in [6.45, 7) is 3.79. The molecule has 0 aliphatic rings. The number of carbonyl (C=O) groups is 1. The molecule has 3 heterocycles. The monoisotopic (exact) mass is 324 g/mol. The molecule has 8 nitrogen and oxygen atoms in total. The van der Waals surface area contributed by atoms with E-state index in [0.29, 0.717) is 16.9 Å². The van der Waals surface area contributed by atoms with Crippen molar-refractivity contribution in [3.05, 3.63) is 69.8 Å². The minimum absolute atomic E-state index is 0.131. The zero-order chi connectivity index (χ0) is 17.1. The van der Waals surface area contributed by atoms with Gasteiger partial charge in [-0.1, -0.05) is 0 Å². The predicted molar refractivity (Wildman–Crippen MR) is 86.9 cm³/mol. The van der Waals surface area contributed by atoms with Crippen molar-refractivity contribution in [1.82, 2.24) is 30.0 Å². The molecule has 24 heavy (non-hydrogen) atoms. The Labute approximate surface area is 137 Å². The largest absolute Gasteiger partial charge is 0.348 e. The van der Waals surface area contributed by atoms with Crippen LogP contribution in [0.1, 0.15) is 27.2 Å². The fourth-order valence-corrected chi connectivity index (χ4v) is 2.44. The van der Waals surface area contributed by atoms with Crippen molar-refractivity contribution in [2.24, 2.45) is 0 Å². The summed E-state index contributed by atoms with van der Waals surface area (Å²) in [4.78, 5) is 35.3. The maximum absolute atomic E-state index is 12.5. The zero-order valence-corrected chi connectivity index (χ0v) is 13.3. The molecular formula is C16H16N6O2. The quantitative estimate of drug-likeness (QED) is 0.741. The lowest BCUT2D eigenvalue weighted by Gasteiger charge is -2.10. The standard InChI is InChI=1S/C16H16N6O2/c1-10-6-11(2)21-16(24)13(10)7-19-15(23)12-4-3-5-18-14(12)22-9-17-8-20-22/h3-6,8-9H,7H2,1-2H3,(H,19,23)(H,21,24). The summed E-state index contributed by atoms with van der Waals surface area (Å²) in [7, 11) is 0. The summed E-state index contributed by atoms with van der Waals surface area (Å²) in [5.41, 5.74) is 2.30. The number of hydrogen-bond donors (Lipinski definition) is 2. The molecule has 2 N–H and O–H groups in total. The molecular weight excluding hydrogens is 308 g/mol. The molecule has 0 unspecified atom stereocenters. The van der Waals surface area contributed by atoms with Crippen molar-refractivity contribution >= 4 is 5.91 Å². The van der Waals surface area contributed by atoms with Gasteiger partial charge >= 0.3 is 0 Å². The lowest BCUT2D eigenvalue weighted by atomic mass is 10.1. The lowest BCUT2D eigenvalue weighted by Crippen LogP contribution is -2.29. The number of amides is 1. The van der Waals surface area contributed by atoms with E-state index in [-0.39, 0.29) is 18.0 Å². The van der Waals surface area contributed by atoms with Crippen LogP contribution in [0.5, 0.6) is 0 Å². The van der Waals surface area contributed by atoms with E-state index >= 15 is 0 Å². The van der Waals surface area contributed by atoms with Crippen molar-refractivity contribution in [2.75, 3.05) is 0 Å². The third kappa shape index (κ3) is 3.07. The van der Waals surface area contributed by atoms with Crippen molar-refractivity contribution < 1.29 is 4.79 Å². The normalized spacial score (nSPS) is 10.6. The summed E-state index contributed by atoms with van der Waals surface area (Å²) >= 11 is 0. The average Bonchev–Trinajstić information content (AvgIpc) is 3.08. The third-order valence-electron chi connectivity index (χ3n) is 3.59. The van der Waals surface area contributed by atoms with Crippen molar-refractivity contribution in [3.8, 4) is 5.82 Å². The van der Waals surface area contributed by atoms with Crippen molar-refractivity contribution in [3.63, 3.8) is 0 Å². The highest BCUT2D eigenvalue weighted by Crippen LogP contribution is 2.10. The summed E-state index contributed by atoms with van der Waals surface area (Å²) in [5, 5.41) is 6.75. The van der Waals surface area contributed by atoms with Gasteiger partial charge in [-0.2, -0.15) is 5.10 Å². The second kappa shape index (κ2) is 6.45. The van der Waals surface area contributed by atoms with Gasteiger partial charge in [0.25, 0.3) is 11.5 Å². The first-order valence-electron chi connectivity index (χ1n) is 7.34. The Morgan fingerprint density at radius 2 is 2.21 bits per heavy atom. The number of aromatic amines is 1. The van der Waals surface area contributed by atoms with Crippen LogP contribution in [0, 0.1) is 13.8 Å². The molecule has 1 amide bonds. The number of hydrogen-bond acceptors (Lipinski definition) is 5. The Balaban J connectivity index is 1.84. The molecule has 0 aliphatic carbocycles. The number of carbonyl (C=O) groups excluding carboxylic acids is 1. The molecule has 3 aromatic heterocycles. The number of aryl methyl sites for hydroxylation is 2. The summed E-state index contributed by atoms with van der Waals surface area (Å²) in [6.07, 6.45) is 4.40. The SMILES string of the molecule is Cc1cc(C)c(CNC(=O)c2cccnc2-n2cncn2)c(=O)[nH]1. The van der Waals surface area contributed by atoms with E-state index in [9.17, 15) is 9.59 Å². The molecule has 3 aromatic rings. The molecule has 0 radical (unpaired) electrons. The van der Waals surface area contributed by atoms with E-state index < -0.39 is 0 Å². The molecule has 0 aromatic carbocycles. The minimum Gasteiger partial charge on any atom is -0.348 e. The van der Waals surface area contributed by atoms with E-state index in [0.717, 1.165) is 11.3 Å². The van der Waals surface area contributed by atoms with E-state index in [2.05, 4.69) is 25.4 Å². The fraction of sp³-hybridized carbons (Fsp3) is 0.188. The molecule has 0 aliphatic heterocycles. The molecule has 0 saturated heterocycles. The third-order valence-corrected chi connectivity index (χ3v) is 3.59. The Kier molecular flexibility index (Phi) is 4.19. The second-order valence-corrected chi connectivity index (χ2v) is 5.34. The van der Waals surface area contributed by atoms with Crippen LogP contribution in [0.4, 0.5) is 0 Å². The van der Waals surface area contributed by atoms with Crippen LogP contribution in [0.3, 0.4) is 0 Å². The Morgan fingerprint density at radius 3 is 2.92 bits per heavy atom.